The van der Waals surface area contributed by atoms with Crippen molar-refractivity contribution in [2.45, 2.75) is 38.6 Å². The van der Waals surface area contributed by atoms with E-state index in [1.807, 2.05) is 0 Å². The van der Waals surface area contributed by atoms with Crippen molar-refractivity contribution in [3.63, 3.8) is 0 Å². The van der Waals surface area contributed by atoms with Gasteiger partial charge in [0.15, 0.2) is 0 Å². The number of amides is 2. The molecule has 3 N–H and O–H groups in total. The fourth-order valence-electron chi connectivity index (χ4n) is 2.90. The zero-order chi connectivity index (χ0) is 18.7. The molecule has 8 heteroatoms. The van der Waals surface area contributed by atoms with Crippen molar-refractivity contribution >= 4 is 34.1 Å². The van der Waals surface area contributed by atoms with Crippen molar-refractivity contribution < 1.29 is 19.5 Å². The molecule has 0 spiro atoms. The van der Waals surface area contributed by atoms with E-state index >= 15 is 0 Å². The van der Waals surface area contributed by atoms with E-state index in [4.69, 9.17) is 5.11 Å². The highest BCUT2D eigenvalue weighted by Crippen LogP contribution is 2.38. The molecule has 3 rings (SSSR count). The highest BCUT2D eigenvalue weighted by Gasteiger charge is 2.28. The molecule has 0 aliphatic heterocycles. The Morgan fingerprint density at radius 2 is 2.00 bits per heavy atom. The number of carbonyl (C=O) groups excluding carboxylic acids is 2. The highest BCUT2D eigenvalue weighted by molar-refractivity contribution is 7.17. The van der Waals surface area contributed by atoms with Crippen LogP contribution in [0.15, 0.2) is 24.5 Å². The van der Waals surface area contributed by atoms with Gasteiger partial charge in [0, 0.05) is 17.3 Å². The van der Waals surface area contributed by atoms with E-state index in [1.165, 1.54) is 24.5 Å². The third-order valence-electron chi connectivity index (χ3n) is 4.27. The lowest BCUT2D eigenvalue weighted by Crippen LogP contribution is -2.39. The number of aliphatic carboxylic acids is 1. The van der Waals surface area contributed by atoms with Crippen LogP contribution in [0, 0.1) is 0 Å². The maximum absolute atomic E-state index is 12.7. The number of aromatic nitrogens is 1. The van der Waals surface area contributed by atoms with Gasteiger partial charge in [0.05, 0.1) is 11.1 Å². The second-order valence-corrected chi connectivity index (χ2v) is 7.25. The number of fused-ring (bicyclic) bond motifs is 1. The third kappa shape index (κ3) is 3.75. The Kier molecular flexibility index (Phi) is 5.32. The van der Waals surface area contributed by atoms with Crippen LogP contribution >= 0.6 is 11.3 Å². The number of thiophene rings is 1. The smallest absolute Gasteiger partial charge is 0.325 e. The monoisotopic (exact) mass is 373 g/mol. The van der Waals surface area contributed by atoms with Crippen molar-refractivity contribution in [2.75, 3.05) is 5.32 Å². The first-order valence-corrected chi connectivity index (χ1v) is 9.18. The van der Waals surface area contributed by atoms with Crippen molar-refractivity contribution in [1.82, 2.24) is 10.3 Å². The van der Waals surface area contributed by atoms with Gasteiger partial charge in [-0.2, -0.15) is 0 Å². The van der Waals surface area contributed by atoms with Crippen LogP contribution in [0.1, 0.15) is 50.9 Å². The van der Waals surface area contributed by atoms with Crippen LogP contribution in [0.4, 0.5) is 5.00 Å². The average molecular weight is 373 g/mol. The molecule has 0 bridgehead atoms. The first kappa shape index (κ1) is 18.1. The van der Waals surface area contributed by atoms with Gasteiger partial charge in [-0.15, -0.1) is 11.3 Å². The van der Waals surface area contributed by atoms with Crippen LogP contribution < -0.4 is 10.6 Å². The summed E-state index contributed by atoms with van der Waals surface area (Å²) in [6, 6.07) is 2.29. The molecule has 2 amide bonds. The second-order valence-electron chi connectivity index (χ2n) is 6.14. The van der Waals surface area contributed by atoms with Crippen LogP contribution in [0.2, 0.25) is 0 Å². The zero-order valence-corrected chi connectivity index (χ0v) is 15.1. The molecule has 2 heterocycles. The number of anilines is 1. The van der Waals surface area contributed by atoms with Crippen molar-refractivity contribution in [3.8, 4) is 0 Å². The van der Waals surface area contributed by atoms with Crippen LogP contribution in [-0.4, -0.2) is 33.9 Å². The predicted molar refractivity (Wildman–Crippen MR) is 97.7 cm³/mol. The molecule has 0 radical (unpaired) electrons. The highest BCUT2D eigenvalue weighted by atomic mass is 32.1. The number of aryl methyl sites for hydroxylation is 1. The summed E-state index contributed by atoms with van der Waals surface area (Å²) >= 11 is 1.39. The molecule has 0 unspecified atom stereocenters. The normalized spacial score (nSPS) is 14.2. The number of rotatable bonds is 5. The van der Waals surface area contributed by atoms with Crippen LogP contribution in [0.5, 0.6) is 0 Å². The molecule has 0 saturated carbocycles. The minimum absolute atomic E-state index is 0.350. The van der Waals surface area contributed by atoms with Crippen LogP contribution in [0.3, 0.4) is 0 Å². The molecule has 136 valence electrons. The zero-order valence-electron chi connectivity index (χ0n) is 14.2. The standard InChI is InChI=1S/C18H19N3O4S/c1-10(18(24)25)20-16(23)14-12-6-2-3-7-13(12)26-17(14)21-15(22)11-5-4-8-19-9-11/h4-5,8-10H,2-3,6-7H2,1H3,(H,20,23)(H,21,22)(H,24,25)/t10-/m0/s1. The van der Waals surface area contributed by atoms with Gasteiger partial charge >= 0.3 is 5.97 Å². The van der Waals surface area contributed by atoms with Gasteiger partial charge in [-0.05, 0) is 50.3 Å². The summed E-state index contributed by atoms with van der Waals surface area (Å²) in [5, 5.41) is 14.8. The maximum atomic E-state index is 12.7. The summed E-state index contributed by atoms with van der Waals surface area (Å²) in [5.41, 5.74) is 1.69. The Bertz CT molecular complexity index is 848. The Labute approximate surface area is 154 Å². The molecule has 7 nitrogen and oxygen atoms in total. The quantitative estimate of drug-likeness (QED) is 0.746. The minimum atomic E-state index is -1.11. The van der Waals surface area contributed by atoms with E-state index in [0.717, 1.165) is 36.1 Å². The number of carbonyl (C=O) groups is 3. The lowest BCUT2D eigenvalue weighted by molar-refractivity contribution is -0.138. The van der Waals surface area contributed by atoms with Gasteiger partial charge in [-0.1, -0.05) is 0 Å². The number of pyridine rings is 1. The Balaban J connectivity index is 1.92. The molecule has 1 aliphatic rings. The summed E-state index contributed by atoms with van der Waals surface area (Å²) in [7, 11) is 0. The summed E-state index contributed by atoms with van der Waals surface area (Å²) in [6.07, 6.45) is 6.64. The number of nitrogens with zero attached hydrogens (tertiary/aromatic N) is 1. The minimum Gasteiger partial charge on any atom is -0.480 e. The van der Waals surface area contributed by atoms with E-state index in [9.17, 15) is 14.4 Å². The first-order valence-electron chi connectivity index (χ1n) is 8.37. The van der Waals surface area contributed by atoms with Gasteiger partial charge in [-0.3, -0.25) is 19.4 Å². The SMILES string of the molecule is C[C@H](NC(=O)c1c(NC(=O)c2cccnc2)sc2c1CCCC2)C(=O)O. The van der Waals surface area contributed by atoms with E-state index in [-0.39, 0.29) is 5.91 Å². The second kappa shape index (κ2) is 7.65. The molecule has 2 aromatic heterocycles. The summed E-state index contributed by atoms with van der Waals surface area (Å²) in [4.78, 5) is 41.2. The summed E-state index contributed by atoms with van der Waals surface area (Å²) in [5.74, 6) is -1.93. The molecule has 0 saturated heterocycles. The lowest BCUT2D eigenvalue weighted by Gasteiger charge is -2.14. The predicted octanol–water partition coefficient (Wildman–Crippen LogP) is 2.48. The van der Waals surface area contributed by atoms with Gasteiger partial charge in [-0.25, -0.2) is 0 Å². The third-order valence-corrected chi connectivity index (χ3v) is 5.47. The number of hydrogen-bond acceptors (Lipinski definition) is 5. The summed E-state index contributed by atoms with van der Waals surface area (Å²) < 4.78 is 0. The maximum Gasteiger partial charge on any atom is 0.325 e. The molecule has 1 atom stereocenters. The molecular formula is C18H19N3O4S. The molecule has 2 aromatic rings. The molecular weight excluding hydrogens is 354 g/mol. The number of carboxylic acid groups (broad SMARTS) is 1. The number of nitrogens with one attached hydrogen (secondary N) is 2. The number of hydrogen-bond donors (Lipinski definition) is 3. The van der Waals surface area contributed by atoms with Crippen molar-refractivity contribution in [1.29, 1.82) is 0 Å². The van der Waals surface area contributed by atoms with Gasteiger partial charge in [0.1, 0.15) is 11.0 Å². The average Bonchev–Trinajstić information content (AvgIpc) is 3.00. The number of carboxylic acids is 1. The Morgan fingerprint density at radius 1 is 1.23 bits per heavy atom. The van der Waals surface area contributed by atoms with E-state index < -0.39 is 17.9 Å². The topological polar surface area (TPSA) is 108 Å². The lowest BCUT2D eigenvalue weighted by atomic mass is 9.95. The first-order chi connectivity index (χ1) is 12.5. The van der Waals surface area contributed by atoms with E-state index in [2.05, 4.69) is 15.6 Å². The molecule has 1 aliphatic carbocycles. The largest absolute Gasteiger partial charge is 0.480 e. The van der Waals surface area contributed by atoms with Crippen LogP contribution in [-0.2, 0) is 17.6 Å². The fourth-order valence-corrected chi connectivity index (χ4v) is 4.18. The Morgan fingerprint density at radius 3 is 2.69 bits per heavy atom. The van der Waals surface area contributed by atoms with Gasteiger partial charge in [0.2, 0.25) is 0 Å². The Hall–Kier alpha value is -2.74. The molecule has 0 fully saturated rings. The van der Waals surface area contributed by atoms with Gasteiger partial charge < -0.3 is 15.7 Å². The van der Waals surface area contributed by atoms with Crippen molar-refractivity contribution in [2.24, 2.45) is 0 Å². The fraction of sp³-hybridized carbons (Fsp3) is 0.333. The van der Waals surface area contributed by atoms with Crippen molar-refractivity contribution in [3.05, 3.63) is 46.1 Å². The summed E-state index contributed by atoms with van der Waals surface area (Å²) in [6.45, 7) is 1.41. The van der Waals surface area contributed by atoms with Crippen LogP contribution in [0.25, 0.3) is 0 Å². The van der Waals surface area contributed by atoms with E-state index in [1.54, 1.807) is 18.3 Å². The van der Waals surface area contributed by atoms with E-state index in [0.29, 0.717) is 16.1 Å². The molecule has 0 aromatic carbocycles. The molecule has 26 heavy (non-hydrogen) atoms. The van der Waals surface area contributed by atoms with Gasteiger partial charge in [0.25, 0.3) is 11.8 Å².